The van der Waals surface area contributed by atoms with Crippen molar-refractivity contribution in [2.75, 3.05) is 18.0 Å². The minimum absolute atomic E-state index is 0.00758. The van der Waals surface area contributed by atoms with E-state index < -0.39 is 5.41 Å². The van der Waals surface area contributed by atoms with Gasteiger partial charge in [-0.1, -0.05) is 57.2 Å². The number of hydrogen-bond donors (Lipinski definition) is 1. The minimum atomic E-state index is -0.431. The fraction of sp³-hybridized carbons (Fsp3) is 0.385. The zero-order valence-corrected chi connectivity index (χ0v) is 19.4. The van der Waals surface area contributed by atoms with Gasteiger partial charge in [0.2, 0.25) is 5.91 Å². The molecule has 0 radical (unpaired) electrons. The van der Waals surface area contributed by atoms with Crippen LogP contribution in [0.1, 0.15) is 49.5 Å². The van der Waals surface area contributed by atoms with Crippen LogP contribution in [0.5, 0.6) is 0 Å². The summed E-state index contributed by atoms with van der Waals surface area (Å²) in [5.74, 6) is 0.558. The number of ether oxygens (including phenoxy) is 1. The largest absolute Gasteiger partial charge is 0.459 e. The molecule has 7 nitrogen and oxygen atoms in total. The summed E-state index contributed by atoms with van der Waals surface area (Å²) < 4.78 is 5.76. The zero-order valence-electron chi connectivity index (χ0n) is 19.4. The summed E-state index contributed by atoms with van der Waals surface area (Å²) in [7, 11) is 0. The van der Waals surface area contributed by atoms with E-state index in [-0.39, 0.29) is 18.0 Å². The lowest BCUT2D eigenvalue weighted by Crippen LogP contribution is -2.38. The highest BCUT2D eigenvalue weighted by Crippen LogP contribution is 2.27. The first kappa shape index (κ1) is 22.7. The molecule has 1 saturated heterocycles. The molecule has 0 spiro atoms. The van der Waals surface area contributed by atoms with Crippen LogP contribution in [0.4, 0.5) is 5.82 Å². The second-order valence-corrected chi connectivity index (χ2v) is 9.48. The smallest absolute Gasteiger partial charge is 0.338 e. The number of carbonyl (C=O) groups is 2. The first-order valence-electron chi connectivity index (χ1n) is 11.3. The number of aromatic nitrogens is 2. The van der Waals surface area contributed by atoms with E-state index in [9.17, 15) is 9.59 Å². The number of anilines is 1. The van der Waals surface area contributed by atoms with E-state index in [1.807, 2.05) is 51.1 Å². The highest BCUT2D eigenvalue weighted by molar-refractivity contribution is 5.91. The van der Waals surface area contributed by atoms with Gasteiger partial charge in [0.15, 0.2) is 5.82 Å². The Morgan fingerprint density at radius 2 is 1.76 bits per heavy atom. The number of piperidine rings is 1. The molecule has 0 unspecified atom stereocenters. The molecule has 0 bridgehead atoms. The van der Waals surface area contributed by atoms with E-state index in [1.54, 1.807) is 18.3 Å². The molecular formula is C26H30N4O3. The zero-order chi connectivity index (χ0) is 23.4. The third-order valence-corrected chi connectivity index (χ3v) is 5.89. The van der Waals surface area contributed by atoms with Gasteiger partial charge in [0.05, 0.1) is 11.8 Å². The first-order chi connectivity index (χ1) is 15.8. The number of esters is 1. The fourth-order valence-electron chi connectivity index (χ4n) is 3.86. The summed E-state index contributed by atoms with van der Waals surface area (Å²) in [6, 6.07) is 15.3. The molecule has 0 aliphatic carbocycles. The SMILES string of the molecule is CC(C)(C)C(=O)NCc1ccc(C(=O)OC2CCN(c3nncc4ccccc34)CC2)cc1. The molecular weight excluding hydrogens is 416 g/mol. The summed E-state index contributed by atoms with van der Waals surface area (Å²) in [5, 5.41) is 13.6. The molecule has 1 aromatic heterocycles. The average Bonchev–Trinajstić information content (AvgIpc) is 2.82. The lowest BCUT2D eigenvalue weighted by atomic mass is 9.95. The lowest BCUT2D eigenvalue weighted by Gasteiger charge is -2.32. The molecule has 3 aromatic rings. The Hall–Kier alpha value is -3.48. The van der Waals surface area contributed by atoms with Crippen molar-refractivity contribution in [2.45, 2.75) is 46.3 Å². The number of nitrogens with one attached hydrogen (secondary N) is 1. The Bertz CT molecular complexity index is 1120. The van der Waals surface area contributed by atoms with Crippen LogP contribution in [-0.4, -0.2) is 41.3 Å². The maximum atomic E-state index is 12.6. The van der Waals surface area contributed by atoms with Gasteiger partial charge in [0.25, 0.3) is 0 Å². The summed E-state index contributed by atoms with van der Waals surface area (Å²) in [5.41, 5.74) is 1.02. The van der Waals surface area contributed by atoms with Gasteiger partial charge in [-0.05, 0) is 17.7 Å². The molecule has 4 rings (SSSR count). The third-order valence-electron chi connectivity index (χ3n) is 5.89. The van der Waals surface area contributed by atoms with Crippen LogP contribution in [0.15, 0.2) is 54.7 Å². The van der Waals surface area contributed by atoms with E-state index in [0.29, 0.717) is 12.1 Å². The maximum Gasteiger partial charge on any atom is 0.338 e. The van der Waals surface area contributed by atoms with Crippen molar-refractivity contribution < 1.29 is 14.3 Å². The standard InChI is InChI=1S/C26H30N4O3/c1-26(2,3)25(32)27-16-18-8-10-19(11-9-18)24(31)33-21-12-14-30(15-13-21)23-22-7-5-4-6-20(22)17-28-29-23/h4-11,17,21H,12-16H2,1-3H3,(H,27,32). The van der Waals surface area contributed by atoms with Gasteiger partial charge in [-0.2, -0.15) is 5.10 Å². The van der Waals surface area contributed by atoms with Gasteiger partial charge in [-0.3, -0.25) is 4.79 Å². The van der Waals surface area contributed by atoms with Crippen LogP contribution < -0.4 is 10.2 Å². The van der Waals surface area contributed by atoms with Crippen molar-refractivity contribution >= 4 is 28.5 Å². The summed E-state index contributed by atoms with van der Waals surface area (Å²) in [6.45, 7) is 7.57. The number of rotatable bonds is 5. The van der Waals surface area contributed by atoms with Gasteiger partial charge in [0.1, 0.15) is 6.10 Å². The van der Waals surface area contributed by atoms with Crippen molar-refractivity contribution in [3.8, 4) is 0 Å². The number of benzene rings is 2. The Morgan fingerprint density at radius 3 is 2.45 bits per heavy atom. The quantitative estimate of drug-likeness (QED) is 0.594. The molecule has 1 aliphatic rings. The molecule has 2 heterocycles. The van der Waals surface area contributed by atoms with Gasteiger partial charge < -0.3 is 15.0 Å². The molecule has 7 heteroatoms. The summed E-state index contributed by atoms with van der Waals surface area (Å²) >= 11 is 0. The van der Waals surface area contributed by atoms with Crippen LogP contribution in [0.3, 0.4) is 0 Å². The average molecular weight is 447 g/mol. The number of nitrogens with zero attached hydrogens (tertiary/aromatic N) is 3. The van der Waals surface area contributed by atoms with E-state index in [2.05, 4.69) is 26.5 Å². The number of carbonyl (C=O) groups excluding carboxylic acids is 2. The van der Waals surface area contributed by atoms with Crippen molar-refractivity contribution in [3.05, 3.63) is 65.9 Å². The molecule has 2 aromatic carbocycles. The molecule has 172 valence electrons. The van der Waals surface area contributed by atoms with Crippen molar-refractivity contribution in [3.63, 3.8) is 0 Å². The lowest BCUT2D eigenvalue weighted by molar-refractivity contribution is -0.128. The van der Waals surface area contributed by atoms with E-state index in [4.69, 9.17) is 4.74 Å². The van der Waals surface area contributed by atoms with Crippen LogP contribution in [-0.2, 0) is 16.1 Å². The molecule has 0 atom stereocenters. The number of amides is 1. The van der Waals surface area contributed by atoms with Crippen LogP contribution in [0.2, 0.25) is 0 Å². The molecule has 33 heavy (non-hydrogen) atoms. The summed E-state index contributed by atoms with van der Waals surface area (Å²) in [4.78, 5) is 26.8. The predicted molar refractivity (Wildman–Crippen MR) is 128 cm³/mol. The molecule has 1 N–H and O–H groups in total. The van der Waals surface area contributed by atoms with E-state index in [1.165, 1.54) is 0 Å². The Kier molecular flexibility index (Phi) is 6.58. The highest BCUT2D eigenvalue weighted by Gasteiger charge is 2.25. The van der Waals surface area contributed by atoms with Crippen LogP contribution >= 0.6 is 0 Å². The normalized spacial score (nSPS) is 14.8. The third kappa shape index (κ3) is 5.48. The van der Waals surface area contributed by atoms with Gasteiger partial charge in [-0.25, -0.2) is 4.79 Å². The first-order valence-corrected chi connectivity index (χ1v) is 11.3. The van der Waals surface area contributed by atoms with E-state index in [0.717, 1.165) is 48.1 Å². The topological polar surface area (TPSA) is 84.4 Å². The second kappa shape index (κ2) is 9.57. The maximum absolute atomic E-state index is 12.6. The number of hydrogen-bond acceptors (Lipinski definition) is 6. The Labute approximate surface area is 194 Å². The second-order valence-electron chi connectivity index (χ2n) is 9.48. The molecule has 1 amide bonds. The minimum Gasteiger partial charge on any atom is -0.459 e. The Morgan fingerprint density at radius 1 is 1.06 bits per heavy atom. The van der Waals surface area contributed by atoms with E-state index >= 15 is 0 Å². The van der Waals surface area contributed by atoms with Gasteiger partial charge in [0, 0.05) is 48.7 Å². The molecule has 0 saturated carbocycles. The van der Waals surface area contributed by atoms with Gasteiger partial charge >= 0.3 is 5.97 Å². The molecule has 1 fully saturated rings. The summed E-state index contributed by atoms with van der Waals surface area (Å²) in [6.07, 6.45) is 3.14. The van der Waals surface area contributed by atoms with Crippen molar-refractivity contribution in [1.29, 1.82) is 0 Å². The fourth-order valence-corrected chi connectivity index (χ4v) is 3.86. The van der Waals surface area contributed by atoms with Gasteiger partial charge in [-0.15, -0.1) is 5.10 Å². The van der Waals surface area contributed by atoms with Crippen molar-refractivity contribution in [2.24, 2.45) is 5.41 Å². The predicted octanol–water partition coefficient (Wildman–Crippen LogP) is 4.12. The van der Waals surface area contributed by atoms with Crippen molar-refractivity contribution in [1.82, 2.24) is 15.5 Å². The number of fused-ring (bicyclic) bond motifs is 1. The Balaban J connectivity index is 1.30. The van der Waals surface area contributed by atoms with Crippen LogP contribution in [0.25, 0.3) is 10.8 Å². The van der Waals surface area contributed by atoms with Crippen LogP contribution in [0, 0.1) is 5.41 Å². The highest BCUT2D eigenvalue weighted by atomic mass is 16.5. The molecule has 1 aliphatic heterocycles. The monoisotopic (exact) mass is 446 g/mol.